The summed E-state index contributed by atoms with van der Waals surface area (Å²) in [6.07, 6.45) is 4.96. The second-order valence-corrected chi connectivity index (χ2v) is 7.54. The Bertz CT molecular complexity index is 1260. The molecule has 1 fully saturated rings. The van der Waals surface area contributed by atoms with E-state index in [9.17, 15) is 14.4 Å². The molecule has 0 radical (unpaired) electrons. The molecule has 4 rings (SSSR count). The maximum atomic E-state index is 13.2. The van der Waals surface area contributed by atoms with E-state index >= 15 is 0 Å². The molecule has 0 aliphatic carbocycles. The summed E-state index contributed by atoms with van der Waals surface area (Å²) in [6.45, 7) is 7.61. The number of pyridine rings is 1. The number of amides is 4. The zero-order chi connectivity index (χ0) is 22.3. The fourth-order valence-corrected chi connectivity index (χ4v) is 3.83. The van der Waals surface area contributed by atoms with Crippen molar-refractivity contribution in [3.05, 3.63) is 82.4 Å². The second kappa shape index (κ2) is 7.68. The number of carbonyl (C=O) groups is 3. The largest absolute Gasteiger partial charge is 0.335 e. The van der Waals surface area contributed by atoms with Crippen LogP contribution in [0.3, 0.4) is 0 Å². The van der Waals surface area contributed by atoms with E-state index in [-0.39, 0.29) is 5.57 Å². The number of benzene rings is 1. The zero-order valence-electron chi connectivity index (χ0n) is 17.8. The lowest BCUT2D eigenvalue weighted by Gasteiger charge is -2.28. The molecule has 31 heavy (non-hydrogen) atoms. The highest BCUT2D eigenvalue weighted by Gasteiger charge is 2.37. The van der Waals surface area contributed by atoms with Gasteiger partial charge in [-0.3, -0.25) is 19.9 Å². The standard InChI is InChI=1S/C24H22N4O3/c1-14-6-5-7-21(16(14)3)28-23(30)20(22(29)26-24(28)31)13-18-12-15(2)27(17(18)4)19-8-10-25-11-9-19/h5-13H,1-4H3,(H,26,29,31). The van der Waals surface area contributed by atoms with Gasteiger partial charge in [0.1, 0.15) is 5.57 Å². The van der Waals surface area contributed by atoms with Crippen molar-refractivity contribution in [1.82, 2.24) is 14.9 Å². The smallest absolute Gasteiger partial charge is 0.318 e. The number of aromatic nitrogens is 2. The van der Waals surface area contributed by atoms with Gasteiger partial charge in [0.25, 0.3) is 11.8 Å². The third-order valence-electron chi connectivity index (χ3n) is 5.61. The number of urea groups is 1. The molecular formula is C24H22N4O3. The molecule has 0 bridgehead atoms. The van der Waals surface area contributed by atoms with Crippen LogP contribution in [0.4, 0.5) is 10.5 Å². The van der Waals surface area contributed by atoms with E-state index in [1.165, 1.54) is 0 Å². The van der Waals surface area contributed by atoms with Crippen molar-refractivity contribution < 1.29 is 14.4 Å². The van der Waals surface area contributed by atoms with Crippen molar-refractivity contribution in [2.45, 2.75) is 27.7 Å². The number of nitrogens with one attached hydrogen (secondary N) is 1. The maximum Gasteiger partial charge on any atom is 0.335 e. The first-order chi connectivity index (χ1) is 14.8. The number of anilines is 1. The van der Waals surface area contributed by atoms with Gasteiger partial charge in [-0.2, -0.15) is 0 Å². The normalized spacial score (nSPS) is 15.5. The molecule has 0 spiro atoms. The van der Waals surface area contributed by atoms with Crippen LogP contribution in [0.2, 0.25) is 0 Å². The topological polar surface area (TPSA) is 84.3 Å². The highest BCUT2D eigenvalue weighted by atomic mass is 16.2. The van der Waals surface area contributed by atoms with Crippen molar-refractivity contribution in [1.29, 1.82) is 0 Å². The Morgan fingerprint density at radius 3 is 2.39 bits per heavy atom. The third-order valence-corrected chi connectivity index (χ3v) is 5.61. The van der Waals surface area contributed by atoms with E-state index in [2.05, 4.69) is 10.3 Å². The molecule has 3 aromatic rings. The average molecular weight is 414 g/mol. The van der Waals surface area contributed by atoms with Crippen LogP contribution in [0.25, 0.3) is 11.8 Å². The number of aryl methyl sites for hydroxylation is 2. The number of hydrogen-bond donors (Lipinski definition) is 1. The Morgan fingerprint density at radius 1 is 0.968 bits per heavy atom. The van der Waals surface area contributed by atoms with Crippen molar-refractivity contribution in [3.8, 4) is 5.69 Å². The molecule has 1 aliphatic heterocycles. The highest BCUT2D eigenvalue weighted by molar-refractivity contribution is 6.39. The van der Waals surface area contributed by atoms with Gasteiger partial charge in [0.15, 0.2) is 0 Å². The van der Waals surface area contributed by atoms with E-state index in [4.69, 9.17) is 0 Å². The molecule has 1 aliphatic rings. The lowest BCUT2D eigenvalue weighted by atomic mass is 10.0. The summed E-state index contributed by atoms with van der Waals surface area (Å²) in [4.78, 5) is 43.4. The van der Waals surface area contributed by atoms with Gasteiger partial charge in [0.05, 0.1) is 5.69 Å². The molecule has 2 aromatic heterocycles. The van der Waals surface area contributed by atoms with Crippen LogP contribution in [0.1, 0.15) is 28.1 Å². The molecule has 3 heterocycles. The van der Waals surface area contributed by atoms with Gasteiger partial charge in [-0.15, -0.1) is 0 Å². The molecular weight excluding hydrogens is 392 g/mol. The fraction of sp³-hybridized carbons (Fsp3) is 0.167. The van der Waals surface area contributed by atoms with E-state index in [0.29, 0.717) is 5.69 Å². The molecule has 7 nitrogen and oxygen atoms in total. The minimum Gasteiger partial charge on any atom is -0.318 e. The molecule has 1 saturated heterocycles. The lowest BCUT2D eigenvalue weighted by Crippen LogP contribution is -2.54. The van der Waals surface area contributed by atoms with Gasteiger partial charge in [0.2, 0.25) is 0 Å². The maximum absolute atomic E-state index is 13.2. The number of carbonyl (C=O) groups excluding carboxylic acids is 3. The SMILES string of the molecule is Cc1cccc(N2C(=O)NC(=O)C(=Cc3cc(C)n(-c4ccncc4)c3C)C2=O)c1C. The minimum atomic E-state index is -0.747. The summed E-state index contributed by atoms with van der Waals surface area (Å²) >= 11 is 0. The number of imide groups is 2. The third kappa shape index (κ3) is 3.44. The van der Waals surface area contributed by atoms with Crippen molar-refractivity contribution >= 4 is 29.6 Å². The molecule has 4 amide bonds. The van der Waals surface area contributed by atoms with Gasteiger partial charge in [-0.1, -0.05) is 12.1 Å². The first kappa shape index (κ1) is 20.3. The van der Waals surface area contributed by atoms with E-state index in [0.717, 1.165) is 38.7 Å². The molecule has 0 saturated carbocycles. The summed E-state index contributed by atoms with van der Waals surface area (Å²) in [7, 11) is 0. The van der Waals surface area contributed by atoms with Crippen molar-refractivity contribution in [2.24, 2.45) is 0 Å². The second-order valence-electron chi connectivity index (χ2n) is 7.54. The first-order valence-electron chi connectivity index (χ1n) is 9.86. The molecule has 7 heteroatoms. The van der Waals surface area contributed by atoms with Gasteiger partial charge >= 0.3 is 6.03 Å². The molecule has 0 unspecified atom stereocenters. The number of barbiturate groups is 1. The number of hydrogen-bond acceptors (Lipinski definition) is 4. The minimum absolute atomic E-state index is 0.0875. The summed E-state index contributed by atoms with van der Waals surface area (Å²) in [5, 5.41) is 2.29. The van der Waals surface area contributed by atoms with Crippen LogP contribution in [-0.4, -0.2) is 27.4 Å². The predicted molar refractivity (Wildman–Crippen MR) is 118 cm³/mol. The Kier molecular flexibility index (Phi) is 5.02. The summed E-state index contributed by atoms with van der Waals surface area (Å²) in [5.41, 5.74) is 5.59. The quantitative estimate of drug-likeness (QED) is 0.522. The highest BCUT2D eigenvalue weighted by Crippen LogP contribution is 2.28. The number of rotatable bonds is 3. The predicted octanol–water partition coefficient (Wildman–Crippen LogP) is 3.77. The Morgan fingerprint density at radius 2 is 1.68 bits per heavy atom. The lowest BCUT2D eigenvalue weighted by molar-refractivity contribution is -0.122. The Balaban J connectivity index is 1.79. The zero-order valence-corrected chi connectivity index (χ0v) is 17.8. The Labute approximate surface area is 180 Å². The molecule has 1 aromatic carbocycles. The Hall–Kier alpha value is -4.00. The fourth-order valence-electron chi connectivity index (χ4n) is 3.83. The van der Waals surface area contributed by atoms with Gasteiger partial charge in [-0.05, 0) is 74.7 Å². The van der Waals surface area contributed by atoms with Crippen LogP contribution < -0.4 is 10.2 Å². The van der Waals surface area contributed by atoms with Crippen LogP contribution in [0, 0.1) is 27.7 Å². The molecule has 1 N–H and O–H groups in total. The van der Waals surface area contributed by atoms with Crippen LogP contribution in [0.15, 0.2) is 54.4 Å². The van der Waals surface area contributed by atoms with Gasteiger partial charge < -0.3 is 4.57 Å². The van der Waals surface area contributed by atoms with Crippen molar-refractivity contribution in [3.63, 3.8) is 0 Å². The number of nitrogens with zero attached hydrogens (tertiary/aromatic N) is 3. The molecule has 156 valence electrons. The first-order valence-corrected chi connectivity index (χ1v) is 9.86. The van der Waals surface area contributed by atoms with Gasteiger partial charge in [-0.25, -0.2) is 9.69 Å². The van der Waals surface area contributed by atoms with Crippen molar-refractivity contribution in [2.75, 3.05) is 4.90 Å². The van der Waals surface area contributed by atoms with Crippen LogP contribution in [0.5, 0.6) is 0 Å². The average Bonchev–Trinajstić information content (AvgIpc) is 3.02. The summed E-state index contributed by atoms with van der Waals surface area (Å²) in [6, 6.07) is 10.3. The van der Waals surface area contributed by atoms with Crippen LogP contribution in [-0.2, 0) is 9.59 Å². The monoisotopic (exact) mass is 414 g/mol. The van der Waals surface area contributed by atoms with E-state index in [1.807, 2.05) is 56.5 Å². The molecule has 0 atom stereocenters. The van der Waals surface area contributed by atoms with E-state index < -0.39 is 17.8 Å². The summed E-state index contributed by atoms with van der Waals surface area (Å²) < 4.78 is 2.02. The van der Waals surface area contributed by atoms with E-state index in [1.54, 1.807) is 30.6 Å². The van der Waals surface area contributed by atoms with Crippen LogP contribution >= 0.6 is 0 Å². The van der Waals surface area contributed by atoms with Gasteiger partial charge in [0, 0.05) is 29.5 Å². The summed E-state index contributed by atoms with van der Waals surface area (Å²) in [5.74, 6) is -1.35.